The van der Waals surface area contributed by atoms with Crippen molar-refractivity contribution in [2.75, 3.05) is 20.1 Å². The number of amides is 1. The minimum atomic E-state index is -0.174. The molecule has 1 N–H and O–H groups in total. The standard InChI is InChI=1S/C8H11N5O/c1-11-4-7(9)5-13(11)8(14)12-3-2-10-6-12/h2-3,6,9H,4-5H2,1H3. The molecule has 0 atom stereocenters. The molecule has 2 heterocycles. The first kappa shape index (κ1) is 8.89. The summed E-state index contributed by atoms with van der Waals surface area (Å²) in [6, 6.07) is -0.174. The van der Waals surface area contributed by atoms with E-state index in [1.165, 1.54) is 15.9 Å². The van der Waals surface area contributed by atoms with Gasteiger partial charge in [0.25, 0.3) is 0 Å². The monoisotopic (exact) mass is 193 g/mol. The fraction of sp³-hybridized carbons (Fsp3) is 0.375. The fourth-order valence-corrected chi connectivity index (χ4v) is 1.43. The molecule has 6 heteroatoms. The highest BCUT2D eigenvalue weighted by molar-refractivity contribution is 5.91. The lowest BCUT2D eigenvalue weighted by atomic mass is 10.4. The number of carbonyl (C=O) groups excluding carboxylic acids is 1. The van der Waals surface area contributed by atoms with E-state index in [1.54, 1.807) is 24.5 Å². The second-order valence-corrected chi connectivity index (χ2v) is 3.23. The van der Waals surface area contributed by atoms with E-state index in [9.17, 15) is 4.79 Å². The molecule has 1 aliphatic rings. The maximum Gasteiger partial charge on any atom is 0.344 e. The number of nitrogens with one attached hydrogen (secondary N) is 1. The number of hydrazine groups is 1. The molecule has 0 bridgehead atoms. The SMILES string of the molecule is CN1CC(=N)CN1C(=O)n1ccnc1. The smallest absolute Gasteiger partial charge is 0.306 e. The molecule has 0 spiro atoms. The molecule has 0 saturated carbocycles. The molecular formula is C8H11N5O. The normalized spacial score (nSPS) is 17.8. The number of imidazole rings is 1. The molecule has 1 aliphatic heterocycles. The van der Waals surface area contributed by atoms with Crippen LogP contribution >= 0.6 is 0 Å². The van der Waals surface area contributed by atoms with E-state index in [4.69, 9.17) is 5.41 Å². The van der Waals surface area contributed by atoms with Crippen LogP contribution in [0.3, 0.4) is 0 Å². The number of hydrogen-bond acceptors (Lipinski definition) is 4. The van der Waals surface area contributed by atoms with E-state index < -0.39 is 0 Å². The predicted molar refractivity (Wildman–Crippen MR) is 50.1 cm³/mol. The van der Waals surface area contributed by atoms with Gasteiger partial charge in [0, 0.05) is 25.2 Å². The minimum Gasteiger partial charge on any atom is -0.306 e. The van der Waals surface area contributed by atoms with Crippen molar-refractivity contribution in [3.05, 3.63) is 18.7 Å². The largest absolute Gasteiger partial charge is 0.344 e. The van der Waals surface area contributed by atoms with Crippen molar-refractivity contribution < 1.29 is 4.79 Å². The van der Waals surface area contributed by atoms with E-state index in [-0.39, 0.29) is 6.03 Å². The summed E-state index contributed by atoms with van der Waals surface area (Å²) >= 11 is 0. The van der Waals surface area contributed by atoms with Crippen LogP contribution in [0.1, 0.15) is 0 Å². The third-order valence-corrected chi connectivity index (χ3v) is 2.12. The first-order valence-electron chi connectivity index (χ1n) is 4.25. The van der Waals surface area contributed by atoms with Crippen molar-refractivity contribution in [3.63, 3.8) is 0 Å². The highest BCUT2D eigenvalue weighted by Gasteiger charge is 2.27. The summed E-state index contributed by atoms with van der Waals surface area (Å²) in [5.74, 6) is 0. The Balaban J connectivity index is 2.16. The van der Waals surface area contributed by atoms with E-state index in [0.29, 0.717) is 18.8 Å². The van der Waals surface area contributed by atoms with Crippen LogP contribution < -0.4 is 0 Å². The van der Waals surface area contributed by atoms with Gasteiger partial charge in [-0.1, -0.05) is 0 Å². The molecule has 14 heavy (non-hydrogen) atoms. The Morgan fingerprint density at radius 2 is 2.36 bits per heavy atom. The van der Waals surface area contributed by atoms with Crippen molar-refractivity contribution in [2.24, 2.45) is 0 Å². The van der Waals surface area contributed by atoms with Crippen molar-refractivity contribution in [1.29, 1.82) is 5.41 Å². The average molecular weight is 193 g/mol. The van der Waals surface area contributed by atoms with Crippen molar-refractivity contribution >= 4 is 11.7 Å². The first-order valence-corrected chi connectivity index (χ1v) is 4.25. The third kappa shape index (κ3) is 1.39. The van der Waals surface area contributed by atoms with Gasteiger partial charge in [0.05, 0.1) is 13.1 Å². The van der Waals surface area contributed by atoms with Gasteiger partial charge in [0.2, 0.25) is 0 Å². The summed E-state index contributed by atoms with van der Waals surface area (Å²) in [6.07, 6.45) is 4.61. The number of rotatable bonds is 0. The second-order valence-electron chi connectivity index (χ2n) is 3.23. The lowest BCUT2D eigenvalue weighted by molar-refractivity contribution is 0.0892. The van der Waals surface area contributed by atoms with E-state index in [0.717, 1.165) is 0 Å². The maximum absolute atomic E-state index is 11.8. The summed E-state index contributed by atoms with van der Waals surface area (Å²) in [4.78, 5) is 15.6. The van der Waals surface area contributed by atoms with Gasteiger partial charge in [-0.05, 0) is 0 Å². The summed E-state index contributed by atoms with van der Waals surface area (Å²) in [7, 11) is 1.79. The molecule has 1 aromatic rings. The van der Waals surface area contributed by atoms with Gasteiger partial charge in [-0.3, -0.25) is 9.58 Å². The molecule has 2 rings (SSSR count). The van der Waals surface area contributed by atoms with Gasteiger partial charge in [0.15, 0.2) is 0 Å². The zero-order chi connectivity index (χ0) is 10.1. The van der Waals surface area contributed by atoms with Crippen molar-refractivity contribution in [3.8, 4) is 0 Å². The zero-order valence-corrected chi connectivity index (χ0v) is 7.84. The van der Waals surface area contributed by atoms with E-state index in [1.807, 2.05) is 0 Å². The molecule has 74 valence electrons. The Hall–Kier alpha value is -1.69. The Kier molecular flexibility index (Phi) is 2.05. The van der Waals surface area contributed by atoms with Gasteiger partial charge in [0.1, 0.15) is 6.33 Å². The van der Waals surface area contributed by atoms with Crippen LogP contribution in [0.25, 0.3) is 0 Å². The summed E-state index contributed by atoms with van der Waals surface area (Å²) in [6.45, 7) is 0.883. The Labute approximate surface area is 81.2 Å². The Morgan fingerprint density at radius 1 is 1.57 bits per heavy atom. The predicted octanol–water partition coefficient (Wildman–Crippen LogP) is 0.0334. The number of carbonyl (C=O) groups is 1. The topological polar surface area (TPSA) is 65.2 Å². The van der Waals surface area contributed by atoms with Gasteiger partial charge >= 0.3 is 6.03 Å². The number of aromatic nitrogens is 2. The lowest BCUT2D eigenvalue weighted by Crippen LogP contribution is -2.40. The van der Waals surface area contributed by atoms with Gasteiger partial charge in [-0.25, -0.2) is 14.8 Å². The molecule has 1 aromatic heterocycles. The summed E-state index contributed by atoms with van der Waals surface area (Å²) < 4.78 is 1.40. The quantitative estimate of drug-likeness (QED) is 0.632. The van der Waals surface area contributed by atoms with Crippen LogP contribution in [0.5, 0.6) is 0 Å². The zero-order valence-electron chi connectivity index (χ0n) is 7.84. The molecule has 1 fully saturated rings. The van der Waals surface area contributed by atoms with Gasteiger partial charge < -0.3 is 5.41 Å². The molecule has 6 nitrogen and oxygen atoms in total. The van der Waals surface area contributed by atoms with Gasteiger partial charge in [-0.2, -0.15) is 0 Å². The second kappa shape index (κ2) is 3.22. The maximum atomic E-state index is 11.8. The molecule has 0 unspecified atom stereocenters. The van der Waals surface area contributed by atoms with Crippen LogP contribution in [0.2, 0.25) is 0 Å². The number of hydrogen-bond donors (Lipinski definition) is 1. The summed E-state index contributed by atoms with van der Waals surface area (Å²) in [5.41, 5.74) is 0.543. The fourth-order valence-electron chi connectivity index (χ4n) is 1.43. The third-order valence-electron chi connectivity index (χ3n) is 2.12. The highest BCUT2D eigenvalue weighted by Crippen LogP contribution is 2.07. The lowest BCUT2D eigenvalue weighted by Gasteiger charge is -2.22. The van der Waals surface area contributed by atoms with Crippen LogP contribution in [-0.4, -0.2) is 51.4 Å². The van der Waals surface area contributed by atoms with Crippen LogP contribution in [0, 0.1) is 5.41 Å². The van der Waals surface area contributed by atoms with Gasteiger partial charge in [-0.15, -0.1) is 0 Å². The Morgan fingerprint density at radius 3 is 2.86 bits per heavy atom. The number of nitrogens with zero attached hydrogens (tertiary/aromatic N) is 4. The molecule has 0 aliphatic carbocycles. The summed E-state index contributed by atoms with van der Waals surface area (Å²) in [5, 5.41) is 10.7. The highest BCUT2D eigenvalue weighted by atomic mass is 16.2. The van der Waals surface area contributed by atoms with Crippen LogP contribution in [0.4, 0.5) is 4.79 Å². The minimum absolute atomic E-state index is 0.174. The van der Waals surface area contributed by atoms with Crippen LogP contribution in [-0.2, 0) is 0 Å². The van der Waals surface area contributed by atoms with E-state index in [2.05, 4.69) is 4.98 Å². The average Bonchev–Trinajstić information content (AvgIpc) is 2.73. The molecule has 0 radical (unpaired) electrons. The van der Waals surface area contributed by atoms with Crippen LogP contribution in [0.15, 0.2) is 18.7 Å². The molecule has 0 aromatic carbocycles. The Bertz CT molecular complexity index is 358. The molecule has 1 amide bonds. The molecular weight excluding hydrogens is 182 g/mol. The van der Waals surface area contributed by atoms with Crippen molar-refractivity contribution in [1.82, 2.24) is 19.6 Å². The van der Waals surface area contributed by atoms with E-state index >= 15 is 0 Å². The molecule has 1 saturated heterocycles. The van der Waals surface area contributed by atoms with Crippen molar-refractivity contribution in [2.45, 2.75) is 0 Å². The first-order chi connectivity index (χ1) is 6.68.